The van der Waals surface area contributed by atoms with Crippen LogP contribution < -0.4 is 10.5 Å². The number of anilines is 1. The van der Waals surface area contributed by atoms with Crippen molar-refractivity contribution in [1.82, 2.24) is 0 Å². The zero-order valence-electron chi connectivity index (χ0n) is 13.9. The quantitative estimate of drug-likeness (QED) is 0.876. The number of halogens is 1. The van der Waals surface area contributed by atoms with Crippen LogP contribution in [-0.4, -0.2) is 14.3 Å². The van der Waals surface area contributed by atoms with Crippen LogP contribution in [-0.2, 0) is 14.8 Å². The van der Waals surface area contributed by atoms with Crippen molar-refractivity contribution in [2.45, 2.75) is 24.7 Å². The van der Waals surface area contributed by atoms with Crippen LogP contribution in [0.15, 0.2) is 53.4 Å². The zero-order valence-corrected chi connectivity index (χ0v) is 14.7. The van der Waals surface area contributed by atoms with E-state index in [9.17, 15) is 17.6 Å². The van der Waals surface area contributed by atoms with E-state index < -0.39 is 10.0 Å². The second kappa shape index (κ2) is 5.93. The number of rotatable bonds is 4. The Morgan fingerprint density at radius 2 is 1.64 bits per heavy atom. The fourth-order valence-electron chi connectivity index (χ4n) is 3.37. The molecule has 1 aliphatic rings. The molecule has 2 atom stereocenters. The van der Waals surface area contributed by atoms with Gasteiger partial charge in [-0.1, -0.05) is 26.0 Å². The predicted molar refractivity (Wildman–Crippen MR) is 92.9 cm³/mol. The summed E-state index contributed by atoms with van der Waals surface area (Å²) >= 11 is 0. The molecule has 2 aromatic carbocycles. The normalized spacial score (nSPS) is 21.6. The molecule has 3 rings (SSSR count). The van der Waals surface area contributed by atoms with E-state index >= 15 is 0 Å². The molecule has 1 amide bonds. The van der Waals surface area contributed by atoms with Crippen molar-refractivity contribution in [2.24, 2.45) is 16.5 Å². The standard InChI is InChI=1S/C18H19FN2O3S/c1-18(2)15(11-3-9-14(10-4-11)25(20,23)24)16(18)17(22)21-13-7-5-12(19)6-8-13/h3-10,15-16H,1-2H3,(H,21,22)(H2,20,23,24). The van der Waals surface area contributed by atoms with Crippen molar-refractivity contribution < 1.29 is 17.6 Å². The maximum Gasteiger partial charge on any atom is 0.238 e. The Kier molecular flexibility index (Phi) is 4.17. The smallest absolute Gasteiger partial charge is 0.238 e. The van der Waals surface area contributed by atoms with Gasteiger partial charge in [0, 0.05) is 11.6 Å². The van der Waals surface area contributed by atoms with Gasteiger partial charge in [0.1, 0.15) is 5.82 Å². The molecule has 2 unspecified atom stereocenters. The second-order valence-electron chi connectivity index (χ2n) is 6.89. The molecule has 3 N–H and O–H groups in total. The van der Waals surface area contributed by atoms with E-state index in [0.717, 1.165) is 5.56 Å². The summed E-state index contributed by atoms with van der Waals surface area (Å²) in [6.07, 6.45) is 0. The van der Waals surface area contributed by atoms with Crippen LogP contribution in [0.5, 0.6) is 0 Å². The van der Waals surface area contributed by atoms with E-state index in [1.807, 2.05) is 13.8 Å². The van der Waals surface area contributed by atoms with Gasteiger partial charge in [0.05, 0.1) is 10.8 Å². The van der Waals surface area contributed by atoms with Gasteiger partial charge in [-0.05, 0) is 47.4 Å². The maximum atomic E-state index is 13.0. The molecule has 1 saturated carbocycles. The van der Waals surface area contributed by atoms with Crippen molar-refractivity contribution in [3.05, 3.63) is 59.9 Å². The Hall–Kier alpha value is -2.25. The molecule has 0 radical (unpaired) electrons. The number of sulfonamides is 1. The number of carbonyl (C=O) groups is 1. The molecule has 132 valence electrons. The number of nitrogens with two attached hydrogens (primary N) is 1. The van der Waals surface area contributed by atoms with Crippen molar-refractivity contribution in [1.29, 1.82) is 0 Å². The number of primary sulfonamides is 1. The Morgan fingerprint density at radius 3 is 2.16 bits per heavy atom. The van der Waals surface area contributed by atoms with Crippen molar-refractivity contribution in [3.8, 4) is 0 Å². The van der Waals surface area contributed by atoms with E-state index in [0.29, 0.717) is 5.69 Å². The Balaban J connectivity index is 1.77. The number of hydrogen-bond donors (Lipinski definition) is 2. The summed E-state index contributed by atoms with van der Waals surface area (Å²) in [7, 11) is -3.74. The van der Waals surface area contributed by atoms with Crippen LogP contribution in [0.2, 0.25) is 0 Å². The molecule has 0 saturated heterocycles. The summed E-state index contributed by atoms with van der Waals surface area (Å²) in [5, 5.41) is 7.91. The van der Waals surface area contributed by atoms with Crippen molar-refractivity contribution >= 4 is 21.6 Å². The largest absolute Gasteiger partial charge is 0.326 e. The highest BCUT2D eigenvalue weighted by atomic mass is 32.2. The van der Waals surface area contributed by atoms with Gasteiger partial charge in [-0.25, -0.2) is 17.9 Å². The number of benzene rings is 2. The Morgan fingerprint density at radius 1 is 1.08 bits per heavy atom. The molecule has 0 aliphatic heterocycles. The fraction of sp³-hybridized carbons (Fsp3) is 0.278. The molecule has 0 heterocycles. The minimum Gasteiger partial charge on any atom is -0.326 e. The lowest BCUT2D eigenvalue weighted by molar-refractivity contribution is -0.118. The third-order valence-electron chi connectivity index (χ3n) is 4.79. The fourth-order valence-corrected chi connectivity index (χ4v) is 3.88. The molecular weight excluding hydrogens is 343 g/mol. The Labute approximate surface area is 146 Å². The summed E-state index contributed by atoms with van der Waals surface area (Å²) in [5.74, 6) is -0.782. The lowest BCUT2D eigenvalue weighted by Gasteiger charge is -2.06. The van der Waals surface area contributed by atoms with Crippen LogP contribution in [0.3, 0.4) is 0 Å². The van der Waals surface area contributed by atoms with Crippen LogP contribution in [0.25, 0.3) is 0 Å². The van der Waals surface area contributed by atoms with Crippen molar-refractivity contribution in [3.63, 3.8) is 0 Å². The van der Waals surface area contributed by atoms with E-state index in [-0.39, 0.29) is 33.9 Å². The molecule has 0 aromatic heterocycles. The lowest BCUT2D eigenvalue weighted by Crippen LogP contribution is -2.16. The van der Waals surface area contributed by atoms with Gasteiger partial charge in [0.15, 0.2) is 0 Å². The van der Waals surface area contributed by atoms with Gasteiger partial charge in [0.25, 0.3) is 0 Å². The number of hydrogen-bond acceptors (Lipinski definition) is 3. The SMILES string of the molecule is CC1(C)C(C(=O)Nc2ccc(F)cc2)C1c1ccc(S(N)(=O)=O)cc1. The predicted octanol–water partition coefficient (Wildman–Crippen LogP) is 2.85. The number of nitrogens with one attached hydrogen (secondary N) is 1. The molecule has 0 bridgehead atoms. The van der Waals surface area contributed by atoms with Crippen LogP contribution in [0.4, 0.5) is 10.1 Å². The molecule has 0 spiro atoms. The highest BCUT2D eigenvalue weighted by Gasteiger charge is 2.62. The molecule has 1 aliphatic carbocycles. The summed E-state index contributed by atoms with van der Waals surface area (Å²) in [6.45, 7) is 3.97. The van der Waals surface area contributed by atoms with Crippen LogP contribution in [0, 0.1) is 17.2 Å². The van der Waals surface area contributed by atoms with Crippen LogP contribution in [0.1, 0.15) is 25.3 Å². The first-order chi connectivity index (χ1) is 11.6. The number of amides is 1. The molecule has 5 nitrogen and oxygen atoms in total. The lowest BCUT2D eigenvalue weighted by atomic mass is 10.0. The molecule has 25 heavy (non-hydrogen) atoms. The van der Waals surface area contributed by atoms with E-state index in [4.69, 9.17) is 5.14 Å². The van der Waals surface area contributed by atoms with Gasteiger partial charge in [-0.3, -0.25) is 4.79 Å². The summed E-state index contributed by atoms with van der Waals surface area (Å²) < 4.78 is 35.6. The van der Waals surface area contributed by atoms with E-state index in [1.54, 1.807) is 12.1 Å². The monoisotopic (exact) mass is 362 g/mol. The van der Waals surface area contributed by atoms with Gasteiger partial charge < -0.3 is 5.32 Å². The van der Waals surface area contributed by atoms with Gasteiger partial charge in [0.2, 0.25) is 15.9 Å². The highest BCUT2D eigenvalue weighted by molar-refractivity contribution is 7.89. The first-order valence-corrected chi connectivity index (χ1v) is 9.34. The first-order valence-electron chi connectivity index (χ1n) is 7.80. The van der Waals surface area contributed by atoms with Gasteiger partial charge in [-0.2, -0.15) is 0 Å². The average Bonchev–Trinajstić information content (AvgIpc) is 3.11. The molecule has 1 fully saturated rings. The van der Waals surface area contributed by atoms with Crippen LogP contribution >= 0.6 is 0 Å². The van der Waals surface area contributed by atoms with Gasteiger partial charge >= 0.3 is 0 Å². The minimum absolute atomic E-state index is 0.0255. The summed E-state index contributed by atoms with van der Waals surface area (Å²) in [4.78, 5) is 12.6. The van der Waals surface area contributed by atoms with E-state index in [2.05, 4.69) is 5.32 Å². The van der Waals surface area contributed by atoms with E-state index in [1.165, 1.54) is 36.4 Å². The molecular formula is C18H19FN2O3S. The number of carbonyl (C=O) groups excluding carboxylic acids is 1. The molecule has 7 heteroatoms. The maximum absolute atomic E-state index is 13.0. The topological polar surface area (TPSA) is 89.3 Å². The zero-order chi connectivity index (χ0) is 18.4. The highest BCUT2D eigenvalue weighted by Crippen LogP contribution is 2.64. The Bertz CT molecular complexity index is 906. The summed E-state index contributed by atoms with van der Waals surface area (Å²) in [5.41, 5.74) is 1.17. The first kappa shape index (κ1) is 17.6. The third kappa shape index (κ3) is 3.43. The second-order valence-corrected chi connectivity index (χ2v) is 8.45. The summed E-state index contributed by atoms with van der Waals surface area (Å²) in [6, 6.07) is 11.9. The molecule has 2 aromatic rings. The van der Waals surface area contributed by atoms with Crippen molar-refractivity contribution in [2.75, 3.05) is 5.32 Å². The minimum atomic E-state index is -3.74. The third-order valence-corrected chi connectivity index (χ3v) is 5.72. The average molecular weight is 362 g/mol. The van der Waals surface area contributed by atoms with Gasteiger partial charge in [-0.15, -0.1) is 0 Å².